The molecule has 0 spiro atoms. The van der Waals surface area contributed by atoms with Gasteiger partial charge in [-0.05, 0) is 50.3 Å². The zero-order chi connectivity index (χ0) is 18.0. The van der Waals surface area contributed by atoms with Crippen LogP contribution in [0.1, 0.15) is 90.7 Å². The summed E-state index contributed by atoms with van der Waals surface area (Å²) in [5.41, 5.74) is 2.37. The summed E-state index contributed by atoms with van der Waals surface area (Å²) in [6.07, 6.45) is 18.1. The molecule has 0 aromatic heterocycles. The molecular weight excluding hydrogens is 332 g/mol. The molecule has 0 fully saturated rings. The van der Waals surface area contributed by atoms with E-state index in [1.807, 2.05) is 19.1 Å². The minimum atomic E-state index is 0. The van der Waals surface area contributed by atoms with Gasteiger partial charge in [0.25, 0.3) is 0 Å². The molecule has 0 amide bonds. The van der Waals surface area contributed by atoms with Gasteiger partial charge in [-0.25, -0.2) is 0 Å². The molecule has 0 aliphatic heterocycles. The summed E-state index contributed by atoms with van der Waals surface area (Å²) in [6.45, 7) is 5.41. The maximum Gasteiger partial charge on any atom is 0.0487 e. The number of ether oxygens (including phenoxy) is 2. The van der Waals surface area contributed by atoms with Crippen molar-refractivity contribution in [3.05, 3.63) is 35.4 Å². The van der Waals surface area contributed by atoms with Crippen LogP contribution >= 0.6 is 0 Å². The Bertz CT molecular complexity index is 444. The molecule has 0 saturated carbocycles. The van der Waals surface area contributed by atoms with E-state index < -0.39 is 0 Å². The number of aryl methyl sites for hydroxylation is 1. The lowest BCUT2D eigenvalue weighted by molar-refractivity contribution is 0.0860. The van der Waals surface area contributed by atoms with E-state index in [9.17, 15) is 0 Å². The zero-order valence-corrected chi connectivity index (χ0v) is 16.1. The fourth-order valence-electron chi connectivity index (χ4n) is 2.87. The van der Waals surface area contributed by atoms with Crippen molar-refractivity contribution in [2.24, 2.45) is 0 Å². The zero-order valence-electron chi connectivity index (χ0n) is 16.1. The van der Waals surface area contributed by atoms with Crippen LogP contribution in [0.5, 0.6) is 0 Å². The molecular formula is C25H44O2. The topological polar surface area (TPSA) is 18.5 Å². The second kappa shape index (κ2) is 21.0. The average Bonchev–Trinajstić information content (AvgIpc) is 2.65. The quantitative estimate of drug-likeness (QED) is 0.227. The molecule has 0 N–H and O–H groups in total. The van der Waals surface area contributed by atoms with Crippen LogP contribution in [0.3, 0.4) is 0 Å². The van der Waals surface area contributed by atoms with Crippen molar-refractivity contribution in [3.63, 3.8) is 0 Å². The van der Waals surface area contributed by atoms with Crippen LogP contribution in [0.25, 0.3) is 0 Å². The molecule has 2 heteroatoms. The second-order valence-corrected chi connectivity index (χ2v) is 6.58. The van der Waals surface area contributed by atoms with Gasteiger partial charge in [0.05, 0.1) is 0 Å². The van der Waals surface area contributed by atoms with E-state index in [-0.39, 0.29) is 14.9 Å². The Kier molecular flexibility index (Phi) is 21.7. The van der Waals surface area contributed by atoms with Crippen molar-refractivity contribution in [2.45, 2.75) is 86.0 Å². The maximum atomic E-state index is 5.61. The first kappa shape index (κ1) is 27.9. The number of benzene rings is 1. The van der Waals surface area contributed by atoms with E-state index in [0.29, 0.717) is 0 Å². The first-order chi connectivity index (χ1) is 12.4. The minimum Gasteiger partial charge on any atom is -0.382 e. The van der Waals surface area contributed by atoms with Gasteiger partial charge in [-0.2, -0.15) is 0 Å². The summed E-state index contributed by atoms with van der Waals surface area (Å²) in [5.74, 6) is 2.66. The van der Waals surface area contributed by atoms with Gasteiger partial charge in [0.15, 0.2) is 0 Å². The molecule has 2 nitrogen and oxygen atoms in total. The third kappa shape index (κ3) is 16.6. The van der Waals surface area contributed by atoms with Crippen molar-refractivity contribution in [3.8, 4) is 12.3 Å². The Balaban J connectivity index is 0. The van der Waals surface area contributed by atoms with Crippen molar-refractivity contribution < 1.29 is 9.47 Å². The summed E-state index contributed by atoms with van der Waals surface area (Å²) >= 11 is 0. The van der Waals surface area contributed by atoms with Gasteiger partial charge in [0.2, 0.25) is 0 Å². The van der Waals surface area contributed by atoms with E-state index >= 15 is 0 Å². The molecule has 0 atom stereocenters. The monoisotopic (exact) mass is 376 g/mol. The van der Waals surface area contributed by atoms with Gasteiger partial charge in [-0.3, -0.25) is 0 Å². The Hall–Kier alpha value is -1.30. The molecule has 1 rings (SSSR count). The van der Waals surface area contributed by atoms with Gasteiger partial charge in [-0.15, -0.1) is 6.42 Å². The van der Waals surface area contributed by atoms with Gasteiger partial charge < -0.3 is 9.47 Å². The normalized spacial score (nSPS) is 9.93. The predicted octanol–water partition coefficient (Wildman–Crippen LogP) is 7.05. The van der Waals surface area contributed by atoms with Gasteiger partial charge >= 0.3 is 0 Å². The molecule has 0 heterocycles. The van der Waals surface area contributed by atoms with Crippen LogP contribution in [-0.4, -0.2) is 26.4 Å². The molecule has 0 saturated heterocycles. The van der Waals surface area contributed by atoms with E-state index in [2.05, 4.69) is 18.1 Å². The molecule has 0 unspecified atom stereocenters. The molecule has 0 aliphatic carbocycles. The average molecular weight is 377 g/mol. The Morgan fingerprint density at radius 3 is 1.81 bits per heavy atom. The maximum absolute atomic E-state index is 5.61. The highest BCUT2D eigenvalue weighted by Crippen LogP contribution is 2.12. The number of unbranched alkanes of at least 4 members (excludes halogenated alkanes) is 7. The fraction of sp³-hybridized carbons (Fsp3) is 0.680. The fourth-order valence-corrected chi connectivity index (χ4v) is 2.87. The van der Waals surface area contributed by atoms with Gasteiger partial charge in [0.1, 0.15) is 0 Å². The van der Waals surface area contributed by atoms with Crippen molar-refractivity contribution in [1.29, 1.82) is 0 Å². The summed E-state index contributed by atoms with van der Waals surface area (Å²) in [6, 6.07) is 8.40. The molecule has 0 radical (unpaired) electrons. The Morgan fingerprint density at radius 2 is 1.22 bits per heavy atom. The van der Waals surface area contributed by atoms with Crippen LogP contribution in [0.15, 0.2) is 24.3 Å². The van der Waals surface area contributed by atoms with Crippen molar-refractivity contribution >= 4 is 0 Å². The lowest BCUT2D eigenvalue weighted by atomic mass is 10.0. The van der Waals surface area contributed by atoms with E-state index in [1.165, 1.54) is 63.4 Å². The number of rotatable bonds is 16. The highest BCUT2D eigenvalue weighted by molar-refractivity contribution is 5.34. The highest BCUT2D eigenvalue weighted by Gasteiger charge is 1.96. The number of hydrogen-bond donors (Lipinski definition) is 0. The third-order valence-electron chi connectivity index (χ3n) is 4.41. The summed E-state index contributed by atoms with van der Waals surface area (Å²) in [5, 5.41) is 0. The molecule has 0 aliphatic rings. The van der Waals surface area contributed by atoms with Crippen molar-refractivity contribution in [1.82, 2.24) is 0 Å². The van der Waals surface area contributed by atoms with Crippen LogP contribution in [0.4, 0.5) is 0 Å². The van der Waals surface area contributed by atoms with Crippen LogP contribution in [0, 0.1) is 12.3 Å². The molecule has 1 aromatic rings. The highest BCUT2D eigenvalue weighted by atomic mass is 16.5. The summed E-state index contributed by atoms with van der Waals surface area (Å²) in [4.78, 5) is 0. The first-order valence-corrected chi connectivity index (χ1v) is 10.1. The smallest absolute Gasteiger partial charge is 0.0487 e. The SMILES string of the molecule is C.C.C#Cc1ccc(CCCCCCCCCCOCCCOCC)cc1. The first-order valence-electron chi connectivity index (χ1n) is 10.1. The lowest BCUT2D eigenvalue weighted by Crippen LogP contribution is -2.01. The number of hydrogen-bond acceptors (Lipinski definition) is 2. The van der Waals surface area contributed by atoms with Crippen LogP contribution in [-0.2, 0) is 15.9 Å². The standard InChI is InChI=1S/C23H36O2.2CH4/c1-3-22-15-17-23(18-16-22)14-11-9-7-5-6-8-10-12-19-25-21-13-20-24-4-2;;/h1,15-18H,4-14,19-21H2,2H3;2*1H4. The molecule has 1 aromatic carbocycles. The predicted molar refractivity (Wildman–Crippen MR) is 120 cm³/mol. The molecule has 27 heavy (non-hydrogen) atoms. The lowest BCUT2D eigenvalue weighted by Gasteiger charge is -2.05. The molecule has 156 valence electrons. The Labute approximate surface area is 170 Å². The second-order valence-electron chi connectivity index (χ2n) is 6.58. The van der Waals surface area contributed by atoms with Crippen molar-refractivity contribution in [2.75, 3.05) is 26.4 Å². The van der Waals surface area contributed by atoms with E-state index in [4.69, 9.17) is 15.9 Å². The third-order valence-corrected chi connectivity index (χ3v) is 4.41. The van der Waals surface area contributed by atoms with Gasteiger partial charge in [-0.1, -0.05) is 71.4 Å². The van der Waals surface area contributed by atoms with E-state index in [1.54, 1.807) is 0 Å². The summed E-state index contributed by atoms with van der Waals surface area (Å²) in [7, 11) is 0. The largest absolute Gasteiger partial charge is 0.382 e. The van der Waals surface area contributed by atoms with E-state index in [0.717, 1.165) is 38.4 Å². The Morgan fingerprint density at radius 1 is 0.704 bits per heavy atom. The van der Waals surface area contributed by atoms with Crippen LogP contribution < -0.4 is 0 Å². The number of terminal acetylenes is 1. The summed E-state index contributed by atoms with van der Waals surface area (Å²) < 4.78 is 10.9. The molecule has 0 bridgehead atoms. The minimum absolute atomic E-state index is 0. The van der Waals surface area contributed by atoms with Crippen LogP contribution in [0.2, 0.25) is 0 Å². The van der Waals surface area contributed by atoms with Gasteiger partial charge in [0, 0.05) is 32.0 Å².